The van der Waals surface area contributed by atoms with Crippen molar-refractivity contribution in [1.29, 1.82) is 0 Å². The molecule has 1 rings (SSSR count). The first-order chi connectivity index (χ1) is 4.67. The lowest BCUT2D eigenvalue weighted by Gasteiger charge is -2.29. The van der Waals surface area contributed by atoms with Crippen LogP contribution in [0.1, 0.15) is 19.3 Å². The van der Waals surface area contributed by atoms with Crippen LogP contribution >= 0.6 is 0 Å². The van der Waals surface area contributed by atoms with Crippen LogP contribution in [0.2, 0.25) is 0 Å². The number of carbonyl (C=O) groups excluding carboxylic acids is 1. The van der Waals surface area contributed by atoms with Gasteiger partial charge in [-0.3, -0.25) is 0 Å². The van der Waals surface area contributed by atoms with Crippen molar-refractivity contribution < 1.29 is 13.6 Å². The fourth-order valence-electron chi connectivity index (χ4n) is 0.908. The monoisotopic (exact) mass is 147 g/mol. The number of halogens is 2. The Labute approximate surface area is 56.9 Å². The highest BCUT2D eigenvalue weighted by Crippen LogP contribution is 2.40. The first-order valence-electron chi connectivity index (χ1n) is 3.13. The molecule has 0 saturated heterocycles. The maximum atomic E-state index is 12.4. The van der Waals surface area contributed by atoms with Crippen LogP contribution in [0.4, 0.5) is 8.78 Å². The molecular weight excluding hydrogens is 140 g/mol. The second kappa shape index (κ2) is 2.46. The van der Waals surface area contributed by atoms with Gasteiger partial charge in [0.1, 0.15) is 0 Å². The average molecular weight is 147 g/mol. The molecule has 10 heavy (non-hydrogen) atoms. The molecule has 0 unspecified atom stereocenters. The molecule has 0 aliphatic heterocycles. The highest BCUT2D eigenvalue weighted by atomic mass is 19.3. The van der Waals surface area contributed by atoms with Crippen LogP contribution in [0, 0.1) is 5.92 Å². The molecule has 4 heteroatoms. The third kappa shape index (κ3) is 1.21. The molecule has 0 radical (unpaired) electrons. The van der Waals surface area contributed by atoms with E-state index in [4.69, 9.17) is 0 Å². The minimum Gasteiger partial charge on any atom is -0.211 e. The molecule has 1 aliphatic rings. The molecular formula is C6H7F2NO. The third-order valence-corrected chi connectivity index (χ3v) is 1.79. The fraction of sp³-hybridized carbons (Fsp3) is 0.833. The zero-order chi connectivity index (χ0) is 7.61. The molecule has 0 aromatic rings. The number of alkyl halides is 2. The third-order valence-electron chi connectivity index (χ3n) is 1.79. The maximum absolute atomic E-state index is 12.4. The molecule has 0 heterocycles. The van der Waals surface area contributed by atoms with Gasteiger partial charge in [-0.25, -0.2) is 4.79 Å². The summed E-state index contributed by atoms with van der Waals surface area (Å²) in [5, 5.41) is 0. The zero-order valence-corrected chi connectivity index (χ0v) is 5.31. The maximum Gasteiger partial charge on any atom is 0.354 e. The predicted octanol–water partition coefficient (Wildman–Crippen LogP) is 1.72. The number of nitrogens with zero attached hydrogens (tertiary/aromatic N) is 1. The number of aliphatic imine (C=N–C) groups is 1. The van der Waals surface area contributed by atoms with Gasteiger partial charge in [-0.2, -0.15) is 8.78 Å². The summed E-state index contributed by atoms with van der Waals surface area (Å²) in [7, 11) is 0. The predicted molar refractivity (Wildman–Crippen MR) is 30.4 cm³/mol. The number of rotatable bonds is 2. The second-order valence-electron chi connectivity index (χ2n) is 2.42. The van der Waals surface area contributed by atoms with E-state index in [9.17, 15) is 13.6 Å². The number of hydrogen-bond acceptors (Lipinski definition) is 2. The minimum atomic E-state index is -3.15. The molecule has 56 valence electrons. The number of isocyanates is 1. The van der Waals surface area contributed by atoms with Gasteiger partial charge in [0.15, 0.2) is 0 Å². The summed E-state index contributed by atoms with van der Waals surface area (Å²) in [5.41, 5.74) is 0. The molecule has 0 aromatic carbocycles. The molecule has 1 aliphatic carbocycles. The summed E-state index contributed by atoms with van der Waals surface area (Å²) in [6.45, 7) is 0. The van der Waals surface area contributed by atoms with Crippen LogP contribution in [0.3, 0.4) is 0 Å². The lowest BCUT2D eigenvalue weighted by molar-refractivity contribution is -0.0786. The van der Waals surface area contributed by atoms with Gasteiger partial charge in [0.05, 0.1) is 0 Å². The van der Waals surface area contributed by atoms with Gasteiger partial charge >= 0.3 is 6.05 Å². The van der Waals surface area contributed by atoms with Crippen molar-refractivity contribution in [1.82, 2.24) is 0 Å². The Morgan fingerprint density at radius 2 is 2.10 bits per heavy atom. The van der Waals surface area contributed by atoms with Gasteiger partial charge in [-0.05, 0) is 12.8 Å². The fourth-order valence-corrected chi connectivity index (χ4v) is 0.908. The van der Waals surface area contributed by atoms with Gasteiger partial charge in [-0.1, -0.05) is 6.42 Å². The van der Waals surface area contributed by atoms with E-state index in [1.165, 1.54) is 0 Å². The molecule has 2 nitrogen and oxygen atoms in total. The Morgan fingerprint density at radius 3 is 2.40 bits per heavy atom. The molecule has 0 atom stereocenters. The van der Waals surface area contributed by atoms with Crippen molar-refractivity contribution in [2.24, 2.45) is 10.9 Å². The van der Waals surface area contributed by atoms with E-state index in [-0.39, 0.29) is 0 Å². The quantitative estimate of drug-likeness (QED) is 0.332. The largest absolute Gasteiger partial charge is 0.354 e. The summed E-state index contributed by atoms with van der Waals surface area (Å²) in [6.07, 6.45) is 2.64. The normalized spacial score (nSPS) is 19.4. The second-order valence-corrected chi connectivity index (χ2v) is 2.42. The minimum absolute atomic E-state index is 0.470. The first-order valence-corrected chi connectivity index (χ1v) is 3.13. The van der Waals surface area contributed by atoms with Crippen molar-refractivity contribution in [2.45, 2.75) is 25.3 Å². The van der Waals surface area contributed by atoms with Crippen LogP contribution in [0.15, 0.2) is 4.99 Å². The van der Waals surface area contributed by atoms with Crippen molar-refractivity contribution in [3.05, 3.63) is 0 Å². The standard InChI is InChI=1S/C6H7F2NO/c7-6(8,9-4-10)5-2-1-3-5/h5H,1-3H2. The molecule has 1 saturated carbocycles. The van der Waals surface area contributed by atoms with Crippen molar-refractivity contribution in [3.63, 3.8) is 0 Å². The van der Waals surface area contributed by atoms with Gasteiger partial charge in [0.2, 0.25) is 6.08 Å². The molecule has 0 amide bonds. The molecule has 0 bridgehead atoms. The lowest BCUT2D eigenvalue weighted by atomic mass is 9.84. The van der Waals surface area contributed by atoms with Crippen LogP contribution in [-0.4, -0.2) is 12.1 Å². The van der Waals surface area contributed by atoms with Gasteiger partial charge in [-0.15, -0.1) is 4.99 Å². The van der Waals surface area contributed by atoms with E-state index in [0.29, 0.717) is 12.8 Å². The molecule has 1 fully saturated rings. The van der Waals surface area contributed by atoms with E-state index in [1.807, 2.05) is 0 Å². The van der Waals surface area contributed by atoms with Gasteiger partial charge in [0.25, 0.3) is 0 Å². The molecule has 0 aromatic heterocycles. The summed E-state index contributed by atoms with van der Waals surface area (Å²) in [4.78, 5) is 11.9. The Hall–Kier alpha value is -0.760. The van der Waals surface area contributed by atoms with Gasteiger partial charge < -0.3 is 0 Å². The summed E-state index contributed by atoms with van der Waals surface area (Å²) in [5.74, 6) is -0.714. The van der Waals surface area contributed by atoms with Crippen molar-refractivity contribution in [3.8, 4) is 0 Å². The van der Waals surface area contributed by atoms with Crippen molar-refractivity contribution in [2.75, 3.05) is 0 Å². The Balaban J connectivity index is 2.56. The SMILES string of the molecule is O=C=NC(F)(F)C1CCC1. The van der Waals surface area contributed by atoms with E-state index >= 15 is 0 Å². The Kier molecular flexibility index (Phi) is 1.81. The smallest absolute Gasteiger partial charge is 0.211 e. The van der Waals surface area contributed by atoms with E-state index in [0.717, 1.165) is 12.5 Å². The summed E-state index contributed by atoms with van der Waals surface area (Å²) < 4.78 is 24.9. The van der Waals surface area contributed by atoms with Crippen molar-refractivity contribution >= 4 is 6.08 Å². The lowest BCUT2D eigenvalue weighted by Crippen LogP contribution is -2.31. The van der Waals surface area contributed by atoms with E-state index < -0.39 is 12.0 Å². The van der Waals surface area contributed by atoms with Gasteiger partial charge in [0, 0.05) is 5.92 Å². The highest BCUT2D eigenvalue weighted by Gasteiger charge is 2.42. The van der Waals surface area contributed by atoms with E-state index in [1.54, 1.807) is 0 Å². The van der Waals surface area contributed by atoms with Crippen LogP contribution in [-0.2, 0) is 4.79 Å². The molecule has 0 spiro atoms. The van der Waals surface area contributed by atoms with E-state index in [2.05, 4.69) is 4.99 Å². The first kappa shape index (κ1) is 7.35. The molecule has 0 N–H and O–H groups in total. The zero-order valence-electron chi connectivity index (χ0n) is 5.31. The highest BCUT2D eigenvalue weighted by molar-refractivity contribution is 5.33. The summed E-state index contributed by atoms with van der Waals surface area (Å²) in [6, 6.07) is -3.15. The van der Waals surface area contributed by atoms with Crippen LogP contribution in [0.25, 0.3) is 0 Å². The van der Waals surface area contributed by atoms with Crippen LogP contribution in [0.5, 0.6) is 0 Å². The number of hydrogen-bond donors (Lipinski definition) is 0. The average Bonchev–Trinajstić information content (AvgIpc) is 1.56. The Morgan fingerprint density at radius 1 is 1.50 bits per heavy atom. The summed E-state index contributed by atoms with van der Waals surface area (Å²) >= 11 is 0. The van der Waals surface area contributed by atoms with Crippen LogP contribution < -0.4 is 0 Å². The Bertz CT molecular complexity index is 171. The topological polar surface area (TPSA) is 29.4 Å².